The molecule has 1 N–H and O–H groups in total. The Labute approximate surface area is 335 Å². The van der Waals surface area contributed by atoms with Crippen LogP contribution in [0.3, 0.4) is 0 Å². The average molecular weight is 777 g/mol. The number of hydrogen-bond donors (Lipinski definition) is 1. The first kappa shape index (κ1) is 40.0. The zero-order valence-corrected chi connectivity index (χ0v) is 35.8. The molecule has 1 aromatic rings. The fourth-order valence-electron chi connectivity index (χ4n) is 14.9. The van der Waals surface area contributed by atoms with E-state index in [-0.39, 0.29) is 36.5 Å². The van der Waals surface area contributed by atoms with E-state index in [1.165, 1.54) is 57.8 Å². The number of nitrogens with zero attached hydrogens (tertiary/aromatic N) is 1. The number of rotatable bonds is 10. The van der Waals surface area contributed by atoms with E-state index in [1.807, 2.05) is 44.2 Å². The van der Waals surface area contributed by atoms with Crippen LogP contribution in [0.15, 0.2) is 30.3 Å². The summed E-state index contributed by atoms with van der Waals surface area (Å²) in [6, 6.07) is 10.3. The Morgan fingerprint density at radius 3 is 2.27 bits per heavy atom. The van der Waals surface area contributed by atoms with Crippen molar-refractivity contribution in [2.45, 2.75) is 149 Å². The molecule has 1 saturated heterocycles. The molecule has 1 heterocycles. The zero-order chi connectivity index (χ0) is 38.8. The van der Waals surface area contributed by atoms with Gasteiger partial charge in [-0.3, -0.25) is 18.7 Å². The molecule has 1 aromatic carbocycles. The number of hydrogen-bond acceptors (Lipinski definition) is 7. The summed E-state index contributed by atoms with van der Waals surface area (Å²) in [6.45, 7) is 17.5. The molecule has 1 aliphatic heterocycles. The van der Waals surface area contributed by atoms with Gasteiger partial charge in [0.05, 0.1) is 11.8 Å². The molecule has 0 bridgehead atoms. The molecule has 55 heavy (non-hydrogen) atoms. The minimum atomic E-state index is -0.623. The Balaban J connectivity index is 0.878. The number of ether oxygens (including phenoxy) is 2. The molecule has 0 amide bonds. The van der Waals surface area contributed by atoms with Gasteiger partial charge in [0.1, 0.15) is 12.7 Å². The van der Waals surface area contributed by atoms with Gasteiger partial charge >= 0.3 is 11.9 Å². The summed E-state index contributed by atoms with van der Waals surface area (Å²) in [7, 11) is -0.623. The summed E-state index contributed by atoms with van der Waals surface area (Å²) >= 11 is 0. The largest absolute Gasteiger partial charge is 0.462 e. The van der Waals surface area contributed by atoms with Crippen LogP contribution in [-0.2, 0) is 36.5 Å². The lowest BCUT2D eigenvalue weighted by Crippen LogP contribution is -2.64. The predicted octanol–water partition coefficient (Wildman–Crippen LogP) is 8.56. The average Bonchev–Trinajstić information content (AvgIpc) is 3.61. The maximum absolute atomic E-state index is 13.8. The SMILES string of the molecule is CCC(CNC12CCC[C@@H]1C1CCC3C4(C)CCC(OC(=O)C5CC(C(=O)OCc6ccccc6)C5(C)C)C(C)C4CCC3(C)C1CC2)N1CCS(=O)CC1. The van der Waals surface area contributed by atoms with Gasteiger partial charge in [-0.05, 0) is 134 Å². The monoisotopic (exact) mass is 777 g/mol. The van der Waals surface area contributed by atoms with Crippen molar-refractivity contribution in [3.8, 4) is 0 Å². The normalized spacial score (nSPS) is 43.1. The topological polar surface area (TPSA) is 84.9 Å². The first-order valence-electron chi connectivity index (χ1n) is 22.6. The Morgan fingerprint density at radius 2 is 1.55 bits per heavy atom. The van der Waals surface area contributed by atoms with Crippen molar-refractivity contribution in [3.05, 3.63) is 35.9 Å². The van der Waals surface area contributed by atoms with Gasteiger partial charge in [0.15, 0.2) is 0 Å². The summed E-state index contributed by atoms with van der Waals surface area (Å²) in [4.78, 5) is 29.5. The van der Waals surface area contributed by atoms with Crippen LogP contribution in [0.2, 0.25) is 0 Å². The van der Waals surface area contributed by atoms with E-state index in [1.54, 1.807) is 0 Å². The van der Waals surface area contributed by atoms with Crippen LogP contribution in [-0.4, -0.2) is 69.9 Å². The first-order valence-corrected chi connectivity index (χ1v) is 24.0. The number of esters is 2. The van der Waals surface area contributed by atoms with E-state index in [0.29, 0.717) is 40.7 Å². The van der Waals surface area contributed by atoms with Gasteiger partial charge in [-0.1, -0.05) is 78.3 Å². The highest BCUT2D eigenvalue weighted by molar-refractivity contribution is 7.85. The Kier molecular flexibility index (Phi) is 11.2. The van der Waals surface area contributed by atoms with Crippen LogP contribution < -0.4 is 5.32 Å². The Bertz CT molecular complexity index is 1580. The zero-order valence-electron chi connectivity index (χ0n) is 35.0. The third-order valence-corrected chi connectivity index (χ3v) is 19.5. The van der Waals surface area contributed by atoms with E-state index in [2.05, 4.69) is 37.9 Å². The maximum Gasteiger partial charge on any atom is 0.309 e. The molecular formula is C47H72N2O5S. The maximum atomic E-state index is 13.8. The van der Waals surface area contributed by atoms with Gasteiger partial charge in [-0.2, -0.15) is 0 Å². The third kappa shape index (κ3) is 7.00. The molecule has 13 atom stereocenters. The van der Waals surface area contributed by atoms with Gasteiger partial charge in [0, 0.05) is 53.5 Å². The molecule has 7 nitrogen and oxygen atoms in total. The van der Waals surface area contributed by atoms with Crippen molar-refractivity contribution in [1.29, 1.82) is 0 Å². The van der Waals surface area contributed by atoms with Crippen molar-refractivity contribution in [3.63, 3.8) is 0 Å². The van der Waals surface area contributed by atoms with Gasteiger partial charge < -0.3 is 14.8 Å². The Morgan fingerprint density at radius 1 is 0.855 bits per heavy atom. The van der Waals surface area contributed by atoms with Gasteiger partial charge in [-0.15, -0.1) is 0 Å². The molecule has 306 valence electrons. The lowest BCUT2D eigenvalue weighted by atomic mass is 9.38. The lowest BCUT2D eigenvalue weighted by Gasteiger charge is -2.68. The van der Waals surface area contributed by atoms with Crippen LogP contribution in [0.4, 0.5) is 0 Å². The van der Waals surface area contributed by atoms with Gasteiger partial charge in [-0.25, -0.2) is 0 Å². The molecule has 0 aromatic heterocycles. The van der Waals surface area contributed by atoms with Gasteiger partial charge in [0.2, 0.25) is 0 Å². The fourth-order valence-corrected chi connectivity index (χ4v) is 16.0. The second-order valence-corrected chi connectivity index (χ2v) is 22.4. The summed E-state index contributed by atoms with van der Waals surface area (Å²) < 4.78 is 24.2. The molecule has 6 saturated carbocycles. The summed E-state index contributed by atoms with van der Waals surface area (Å²) in [5.74, 6) is 4.96. The summed E-state index contributed by atoms with van der Waals surface area (Å²) in [5.41, 5.74) is 1.50. The summed E-state index contributed by atoms with van der Waals surface area (Å²) in [6.07, 6.45) is 15.9. The van der Waals surface area contributed by atoms with Crippen molar-refractivity contribution in [2.75, 3.05) is 31.1 Å². The molecule has 7 aliphatic rings. The molecule has 8 rings (SSSR count). The number of fused-ring (bicyclic) bond motifs is 7. The van der Waals surface area contributed by atoms with Crippen molar-refractivity contribution in [1.82, 2.24) is 10.2 Å². The fraction of sp³-hybridized carbons (Fsp3) is 0.830. The van der Waals surface area contributed by atoms with Crippen LogP contribution >= 0.6 is 0 Å². The predicted molar refractivity (Wildman–Crippen MR) is 219 cm³/mol. The minimum Gasteiger partial charge on any atom is -0.462 e. The highest BCUT2D eigenvalue weighted by Crippen LogP contribution is 2.71. The van der Waals surface area contributed by atoms with Crippen molar-refractivity contribution in [2.24, 2.45) is 63.6 Å². The second-order valence-electron chi connectivity index (χ2n) is 20.7. The van der Waals surface area contributed by atoms with E-state index in [9.17, 15) is 13.8 Å². The van der Waals surface area contributed by atoms with E-state index < -0.39 is 16.2 Å². The van der Waals surface area contributed by atoms with E-state index in [0.717, 1.165) is 79.6 Å². The Hall–Kier alpha value is -1.77. The second kappa shape index (κ2) is 15.4. The van der Waals surface area contributed by atoms with Gasteiger partial charge in [0.25, 0.3) is 0 Å². The molecule has 12 unspecified atom stereocenters. The van der Waals surface area contributed by atoms with Crippen molar-refractivity contribution >= 4 is 22.7 Å². The van der Waals surface area contributed by atoms with Crippen LogP contribution in [0.1, 0.15) is 131 Å². The molecule has 0 spiro atoms. The van der Waals surface area contributed by atoms with E-state index >= 15 is 0 Å². The third-order valence-electron chi connectivity index (χ3n) is 18.3. The van der Waals surface area contributed by atoms with Crippen LogP contribution in [0, 0.1) is 63.6 Å². The first-order chi connectivity index (χ1) is 26.3. The number of benzene rings is 1. The lowest BCUT2D eigenvalue weighted by molar-refractivity contribution is -0.206. The summed E-state index contributed by atoms with van der Waals surface area (Å²) in [5, 5.41) is 4.31. The molecule has 7 fully saturated rings. The number of nitrogens with one attached hydrogen (secondary N) is 1. The molecular weight excluding hydrogens is 705 g/mol. The number of carbonyl (C=O) groups excluding carboxylic acids is 2. The highest BCUT2D eigenvalue weighted by atomic mass is 32.2. The molecule has 8 heteroatoms. The van der Waals surface area contributed by atoms with Crippen LogP contribution in [0.25, 0.3) is 0 Å². The smallest absolute Gasteiger partial charge is 0.309 e. The van der Waals surface area contributed by atoms with E-state index in [4.69, 9.17) is 9.47 Å². The van der Waals surface area contributed by atoms with Crippen LogP contribution in [0.5, 0.6) is 0 Å². The molecule has 0 radical (unpaired) electrons. The standard InChI is InChI=1S/C47H72N2O5S/c1-7-33(49-24-26-55(52)27-25-49)29-48-47-20-11-14-37(47)34-15-16-41-45(5)22-19-40(31(2)35(45)17-21-46(41,6)36(34)18-23-47)54-43(51)39-28-38(44(39,3)4)42(50)53-30-32-12-9-8-10-13-32/h8-10,12-13,31,33-41,48H,7,11,14-30H2,1-6H3/t31?,33?,34?,35?,36?,37-,38?,39?,40?,41?,45?,46?,47?/m1/s1. The molecule has 6 aliphatic carbocycles. The number of carbonyl (C=O) groups is 2. The quantitative estimate of drug-likeness (QED) is 0.239. The van der Waals surface area contributed by atoms with Crippen molar-refractivity contribution < 1.29 is 23.3 Å². The minimum absolute atomic E-state index is 0.0370. The highest BCUT2D eigenvalue weighted by Gasteiger charge is 2.65.